The van der Waals surface area contributed by atoms with Crippen molar-refractivity contribution in [3.05, 3.63) is 6.92 Å². The molecule has 0 radical (unpaired) electrons. The van der Waals surface area contributed by atoms with Crippen molar-refractivity contribution in [2.24, 2.45) is 0 Å². The van der Waals surface area contributed by atoms with Crippen LogP contribution < -0.4 is 18.9 Å². The van der Waals surface area contributed by atoms with Crippen LogP contribution >= 0.6 is 0 Å². The van der Waals surface area contributed by atoms with Gasteiger partial charge in [-0.05, 0) is 6.92 Å². The average Bonchev–Trinajstić information content (AvgIpc) is 2.22. The monoisotopic (exact) mass is 204 g/mol. The molecule has 0 aromatic carbocycles. The molecule has 0 bridgehead atoms. The number of rotatable bonds is 7. The predicted molar refractivity (Wildman–Crippen MR) is 58.9 cm³/mol. The second kappa shape index (κ2) is 14.1. The molecule has 0 aliphatic heterocycles. The third-order valence-electron chi connectivity index (χ3n) is 1.74. The van der Waals surface area contributed by atoms with Crippen LogP contribution in [0, 0.1) is 18.8 Å². The first-order chi connectivity index (χ1) is 6.85. The summed E-state index contributed by atoms with van der Waals surface area (Å²) in [5, 5.41) is 0. The Balaban J connectivity index is 0. The average molecular weight is 204 g/mol. The number of hydrogen-bond acceptors (Lipinski definition) is 2. The van der Waals surface area contributed by atoms with Gasteiger partial charge in [0.1, 0.15) is 0 Å². The molecule has 0 saturated carbocycles. The topological polar surface area (TPSA) is 18.5 Å². The van der Waals surface area contributed by atoms with Gasteiger partial charge in [0.2, 0.25) is 0 Å². The van der Waals surface area contributed by atoms with E-state index < -0.39 is 0 Å². The van der Waals surface area contributed by atoms with Crippen molar-refractivity contribution < 1.29 is 28.3 Å². The van der Waals surface area contributed by atoms with E-state index in [9.17, 15) is 0 Å². The van der Waals surface area contributed by atoms with E-state index in [4.69, 9.17) is 9.47 Å². The van der Waals surface area contributed by atoms with E-state index in [0.29, 0.717) is 13.2 Å². The van der Waals surface area contributed by atoms with Gasteiger partial charge < -0.3 is 16.4 Å². The molecule has 15 heavy (non-hydrogen) atoms. The molecule has 2 nitrogen and oxygen atoms in total. The Hall–Kier alpha value is 0.0774. The Morgan fingerprint density at radius 1 is 1.20 bits per heavy atom. The van der Waals surface area contributed by atoms with Crippen molar-refractivity contribution in [2.75, 3.05) is 19.8 Å². The second-order valence-corrected chi connectivity index (χ2v) is 2.89. The minimum absolute atomic E-state index is 0. The summed E-state index contributed by atoms with van der Waals surface area (Å²) in [4.78, 5) is 0. The van der Waals surface area contributed by atoms with E-state index >= 15 is 0 Å². The van der Waals surface area contributed by atoms with Gasteiger partial charge in [-0.25, -0.2) is 0 Å². The maximum absolute atomic E-state index is 5.55. The quantitative estimate of drug-likeness (QED) is 0.239. The molecule has 0 saturated heterocycles. The van der Waals surface area contributed by atoms with Crippen LogP contribution in [0.5, 0.6) is 0 Å². The van der Waals surface area contributed by atoms with Crippen molar-refractivity contribution in [3.63, 3.8) is 0 Å². The van der Waals surface area contributed by atoms with E-state index in [1.54, 1.807) is 0 Å². The van der Waals surface area contributed by atoms with Crippen molar-refractivity contribution in [1.82, 2.24) is 0 Å². The molecule has 0 aliphatic carbocycles. The van der Waals surface area contributed by atoms with Gasteiger partial charge in [0, 0.05) is 25.6 Å². The molecule has 0 heterocycles. The van der Waals surface area contributed by atoms with Gasteiger partial charge >= 0.3 is 18.9 Å². The predicted octanol–water partition coefficient (Wildman–Crippen LogP) is -0.560. The van der Waals surface area contributed by atoms with E-state index in [1.165, 1.54) is 0 Å². The van der Waals surface area contributed by atoms with Crippen LogP contribution in [0.15, 0.2) is 0 Å². The summed E-state index contributed by atoms with van der Waals surface area (Å²) in [6.07, 6.45) is 2.62. The molecule has 82 valence electrons. The Morgan fingerprint density at radius 2 is 1.93 bits per heavy atom. The fraction of sp³-hybridized carbons (Fsp3) is 0.750. The van der Waals surface area contributed by atoms with Crippen molar-refractivity contribution >= 4 is 0 Å². The number of hydrogen-bond donors (Lipinski definition) is 0. The SMILES string of the molecule is [CH2-]CC(CC#CCC)OCCOCC.[Li+]. The summed E-state index contributed by atoms with van der Waals surface area (Å²) < 4.78 is 10.7. The molecule has 0 rings (SSSR count). The first-order valence-corrected chi connectivity index (χ1v) is 5.29. The molecule has 0 N–H and O–H groups in total. The molecule has 0 aromatic heterocycles. The maximum Gasteiger partial charge on any atom is 1.00 e. The third-order valence-corrected chi connectivity index (χ3v) is 1.74. The van der Waals surface area contributed by atoms with E-state index in [-0.39, 0.29) is 25.0 Å². The van der Waals surface area contributed by atoms with Crippen LogP contribution in [-0.4, -0.2) is 25.9 Å². The molecule has 1 unspecified atom stereocenters. The van der Waals surface area contributed by atoms with Gasteiger partial charge in [0.05, 0.1) is 13.2 Å². The first kappa shape index (κ1) is 17.5. The fourth-order valence-corrected chi connectivity index (χ4v) is 0.973. The van der Waals surface area contributed by atoms with E-state index in [1.807, 2.05) is 13.8 Å². The van der Waals surface area contributed by atoms with E-state index in [2.05, 4.69) is 18.8 Å². The third kappa shape index (κ3) is 12.0. The normalized spacial score (nSPS) is 11.1. The molecule has 0 fully saturated rings. The molecule has 0 aromatic rings. The zero-order valence-corrected chi connectivity index (χ0v) is 10.3. The van der Waals surface area contributed by atoms with Gasteiger partial charge in [0.15, 0.2) is 0 Å². The standard InChI is InChI=1S/C12H21O2.Li/c1-4-7-8-9-12(5-2)14-11-10-13-6-3;/h12H,2,4-6,9-11H2,1,3H3;/q-1;+1. The number of ether oxygens (including phenoxy) is 2. The molecule has 1 atom stereocenters. The van der Waals surface area contributed by atoms with Gasteiger partial charge in [-0.3, -0.25) is 0 Å². The van der Waals surface area contributed by atoms with Crippen molar-refractivity contribution in [1.29, 1.82) is 0 Å². The zero-order valence-electron chi connectivity index (χ0n) is 10.3. The second-order valence-electron chi connectivity index (χ2n) is 2.89. The Kier molecular flexibility index (Phi) is 16.4. The zero-order chi connectivity index (χ0) is 10.6. The van der Waals surface area contributed by atoms with Crippen LogP contribution in [0.1, 0.15) is 33.1 Å². The molecule has 0 aliphatic rings. The Morgan fingerprint density at radius 3 is 2.47 bits per heavy atom. The van der Waals surface area contributed by atoms with Crippen LogP contribution in [0.2, 0.25) is 0 Å². The maximum atomic E-state index is 5.55. The Bertz CT molecular complexity index is 172. The summed E-state index contributed by atoms with van der Waals surface area (Å²) >= 11 is 0. The minimum atomic E-state index is 0. The summed E-state index contributed by atoms with van der Waals surface area (Å²) in [6, 6.07) is 0. The molecular formula is C12H21LiO2. The van der Waals surface area contributed by atoms with Crippen LogP contribution in [0.3, 0.4) is 0 Å². The van der Waals surface area contributed by atoms with Gasteiger partial charge in [-0.15, -0.1) is 11.8 Å². The van der Waals surface area contributed by atoms with E-state index in [0.717, 1.165) is 25.9 Å². The van der Waals surface area contributed by atoms with Crippen LogP contribution in [0.4, 0.5) is 0 Å². The smallest absolute Gasteiger partial charge is 0.379 e. The van der Waals surface area contributed by atoms with Gasteiger partial charge in [0.25, 0.3) is 0 Å². The molecule has 0 amide bonds. The molecular weight excluding hydrogens is 183 g/mol. The van der Waals surface area contributed by atoms with Crippen molar-refractivity contribution in [2.45, 2.75) is 39.2 Å². The minimum Gasteiger partial charge on any atom is -0.379 e. The fourth-order valence-electron chi connectivity index (χ4n) is 0.973. The Labute approximate surface area is 106 Å². The first-order valence-electron chi connectivity index (χ1n) is 5.29. The largest absolute Gasteiger partial charge is 1.00 e. The van der Waals surface area contributed by atoms with Crippen LogP contribution in [0.25, 0.3) is 0 Å². The van der Waals surface area contributed by atoms with Crippen LogP contribution in [-0.2, 0) is 9.47 Å². The van der Waals surface area contributed by atoms with Gasteiger partial charge in [-0.1, -0.05) is 6.92 Å². The summed E-state index contributed by atoms with van der Waals surface area (Å²) in [7, 11) is 0. The molecule has 3 heteroatoms. The summed E-state index contributed by atoms with van der Waals surface area (Å²) in [5.41, 5.74) is 0. The van der Waals surface area contributed by atoms with Crippen molar-refractivity contribution in [3.8, 4) is 11.8 Å². The van der Waals surface area contributed by atoms with Gasteiger partial charge in [-0.2, -0.15) is 6.42 Å². The molecule has 0 spiro atoms. The summed E-state index contributed by atoms with van der Waals surface area (Å²) in [5.74, 6) is 6.10. The summed E-state index contributed by atoms with van der Waals surface area (Å²) in [6.45, 7) is 9.90.